The first kappa shape index (κ1) is 21.6. The van der Waals surface area contributed by atoms with Crippen LogP contribution in [0.3, 0.4) is 0 Å². The topological polar surface area (TPSA) is 126 Å². The molecule has 0 spiro atoms. The van der Waals surface area contributed by atoms with Crippen LogP contribution in [0.25, 0.3) is 0 Å². The number of nitrogens with one attached hydrogen (secondary N) is 1. The number of rotatable bonds is 9. The average Bonchev–Trinajstić information content (AvgIpc) is 3.23. The Morgan fingerprint density at radius 1 is 1.13 bits per heavy atom. The molecule has 0 aromatic heterocycles. The number of ether oxygens (including phenoxy) is 4. The molecule has 1 aliphatic rings. The summed E-state index contributed by atoms with van der Waals surface area (Å²) < 4.78 is 20.9. The van der Waals surface area contributed by atoms with Crippen LogP contribution < -0.4 is 24.3 Å². The Bertz CT molecular complexity index is 1060. The number of nitro benzene ring substituents is 1. The summed E-state index contributed by atoms with van der Waals surface area (Å²) in [4.78, 5) is 36.6. The van der Waals surface area contributed by atoms with E-state index >= 15 is 0 Å². The zero-order valence-corrected chi connectivity index (χ0v) is 16.9. The number of benzene rings is 2. The molecule has 0 radical (unpaired) electrons. The normalized spacial score (nSPS) is 11.5. The van der Waals surface area contributed by atoms with E-state index in [0.717, 1.165) is 0 Å². The second kappa shape index (κ2) is 9.16. The summed E-state index contributed by atoms with van der Waals surface area (Å²) in [6.07, 6.45) is 2.14. The van der Waals surface area contributed by atoms with E-state index in [9.17, 15) is 19.7 Å². The van der Waals surface area contributed by atoms with Gasteiger partial charge in [0.1, 0.15) is 5.69 Å². The molecule has 31 heavy (non-hydrogen) atoms. The van der Waals surface area contributed by atoms with Crippen LogP contribution in [0, 0.1) is 10.1 Å². The predicted molar refractivity (Wildman–Crippen MR) is 110 cm³/mol. The lowest BCUT2D eigenvalue weighted by Gasteiger charge is -2.14. The number of allylic oxidation sites excluding steroid dienone is 1. The second-order valence-electron chi connectivity index (χ2n) is 6.44. The first-order valence-electron chi connectivity index (χ1n) is 9.19. The number of anilines is 1. The van der Waals surface area contributed by atoms with Crippen molar-refractivity contribution in [2.24, 2.45) is 0 Å². The number of amides is 1. The summed E-state index contributed by atoms with van der Waals surface area (Å²) in [5.74, 6) is -0.0779. The summed E-state index contributed by atoms with van der Waals surface area (Å²) in [5, 5.41) is 14.0. The van der Waals surface area contributed by atoms with Gasteiger partial charge in [0, 0.05) is 18.1 Å². The third-order valence-corrected chi connectivity index (χ3v) is 4.58. The van der Waals surface area contributed by atoms with Crippen molar-refractivity contribution in [2.75, 3.05) is 26.3 Å². The van der Waals surface area contributed by atoms with Crippen LogP contribution in [0.4, 0.5) is 11.4 Å². The van der Waals surface area contributed by atoms with Gasteiger partial charge < -0.3 is 24.3 Å². The minimum atomic E-state index is -0.732. The van der Waals surface area contributed by atoms with Crippen molar-refractivity contribution in [1.29, 1.82) is 0 Å². The third kappa shape index (κ3) is 4.42. The van der Waals surface area contributed by atoms with Gasteiger partial charge >= 0.3 is 0 Å². The van der Waals surface area contributed by atoms with Crippen LogP contribution >= 0.6 is 0 Å². The van der Waals surface area contributed by atoms with Gasteiger partial charge in [0.25, 0.3) is 11.6 Å². The molecule has 162 valence electrons. The highest BCUT2D eigenvalue weighted by Gasteiger charge is 2.27. The number of hydrogen-bond donors (Lipinski definition) is 1. The van der Waals surface area contributed by atoms with Crippen LogP contribution in [0.5, 0.6) is 23.0 Å². The zero-order valence-electron chi connectivity index (χ0n) is 16.9. The number of nitrogens with zero attached hydrogens (tertiary/aromatic N) is 1. The molecule has 2 aromatic rings. The first-order chi connectivity index (χ1) is 14.9. The average molecular weight is 428 g/mol. The first-order valence-corrected chi connectivity index (χ1v) is 9.19. The molecule has 10 heteroatoms. The molecule has 0 bridgehead atoms. The molecule has 1 aliphatic heterocycles. The van der Waals surface area contributed by atoms with E-state index in [1.807, 2.05) is 0 Å². The second-order valence-corrected chi connectivity index (χ2v) is 6.44. The van der Waals surface area contributed by atoms with Gasteiger partial charge in [-0.05, 0) is 18.6 Å². The summed E-state index contributed by atoms with van der Waals surface area (Å²) in [6.45, 7) is 3.51. The maximum Gasteiger partial charge on any atom is 0.296 e. The molecule has 0 unspecified atom stereocenters. The molecule has 0 aliphatic carbocycles. The number of methoxy groups -OCH3 is 2. The molecule has 1 N–H and O–H groups in total. The van der Waals surface area contributed by atoms with Crippen molar-refractivity contribution in [3.05, 3.63) is 58.2 Å². The van der Waals surface area contributed by atoms with E-state index in [-0.39, 0.29) is 64.5 Å². The Balaban J connectivity index is 2.04. The van der Waals surface area contributed by atoms with Gasteiger partial charge in [0.15, 0.2) is 28.8 Å². The molecule has 0 fully saturated rings. The van der Waals surface area contributed by atoms with E-state index in [1.165, 1.54) is 38.5 Å². The minimum absolute atomic E-state index is 0.0151. The Morgan fingerprint density at radius 3 is 2.32 bits per heavy atom. The van der Waals surface area contributed by atoms with Gasteiger partial charge in [0.05, 0.1) is 30.8 Å². The van der Waals surface area contributed by atoms with Crippen molar-refractivity contribution in [3.8, 4) is 23.0 Å². The van der Waals surface area contributed by atoms with E-state index in [4.69, 9.17) is 18.9 Å². The Kier molecular flexibility index (Phi) is 6.39. The molecule has 0 saturated heterocycles. The largest absolute Gasteiger partial charge is 0.493 e. The van der Waals surface area contributed by atoms with Gasteiger partial charge in [-0.3, -0.25) is 19.7 Å². The molecular weight excluding hydrogens is 408 g/mol. The van der Waals surface area contributed by atoms with Crippen molar-refractivity contribution >= 4 is 23.1 Å². The monoisotopic (exact) mass is 428 g/mol. The van der Waals surface area contributed by atoms with E-state index < -0.39 is 10.8 Å². The number of Topliss-reactive ketones (excluding diaryl/α,β-unsaturated/α-hetero) is 1. The molecule has 0 saturated carbocycles. The highest BCUT2D eigenvalue weighted by molar-refractivity contribution is 6.14. The number of carbonyl (C=O) groups excluding carboxylic acids is 2. The number of ketones is 1. The highest BCUT2D eigenvalue weighted by Crippen LogP contribution is 2.41. The Hall–Kier alpha value is -4.08. The molecule has 0 atom stereocenters. The summed E-state index contributed by atoms with van der Waals surface area (Å²) in [6, 6.07) is 5.24. The summed E-state index contributed by atoms with van der Waals surface area (Å²) >= 11 is 0. The van der Waals surface area contributed by atoms with Crippen LogP contribution in [0.15, 0.2) is 36.9 Å². The molecule has 3 rings (SSSR count). The summed E-state index contributed by atoms with van der Waals surface area (Å²) in [5.41, 5.74) is -0.393. The van der Waals surface area contributed by atoms with Crippen LogP contribution in [-0.4, -0.2) is 37.6 Å². The van der Waals surface area contributed by atoms with Crippen LogP contribution in [0.2, 0.25) is 0 Å². The fourth-order valence-corrected chi connectivity index (χ4v) is 3.04. The zero-order chi connectivity index (χ0) is 22.5. The number of nitro groups is 1. The lowest BCUT2D eigenvalue weighted by Crippen LogP contribution is -2.18. The van der Waals surface area contributed by atoms with Gasteiger partial charge in [-0.2, -0.15) is 0 Å². The molecule has 1 heterocycles. The van der Waals surface area contributed by atoms with Crippen molar-refractivity contribution in [1.82, 2.24) is 0 Å². The van der Waals surface area contributed by atoms with Crippen LogP contribution in [0.1, 0.15) is 33.6 Å². The molecule has 1 amide bonds. The van der Waals surface area contributed by atoms with E-state index in [2.05, 4.69) is 11.9 Å². The third-order valence-electron chi connectivity index (χ3n) is 4.58. The number of hydrogen-bond acceptors (Lipinski definition) is 8. The minimum Gasteiger partial charge on any atom is -0.493 e. The maximum atomic E-state index is 13.1. The smallest absolute Gasteiger partial charge is 0.296 e. The van der Waals surface area contributed by atoms with E-state index in [1.54, 1.807) is 6.08 Å². The predicted octanol–water partition coefficient (Wildman–Crippen LogP) is 3.74. The van der Waals surface area contributed by atoms with E-state index in [0.29, 0.717) is 6.42 Å². The lowest BCUT2D eigenvalue weighted by atomic mass is 9.98. The fraction of sp³-hybridized carbons (Fsp3) is 0.238. The van der Waals surface area contributed by atoms with Crippen molar-refractivity contribution in [3.63, 3.8) is 0 Å². The standard InChI is InChI=1S/C21H20N2O8/c1-4-5-6-16(24)12-7-17(28-2)18(29-3)8-13(12)21(25)22-14-9-19-20(31-11-30-19)10-15(14)23(26)27/h4,7-10H,1,5-6,11H2,2-3H3,(H,22,25). The molecule has 10 nitrogen and oxygen atoms in total. The fourth-order valence-electron chi connectivity index (χ4n) is 3.04. The quantitative estimate of drug-likeness (QED) is 0.277. The SMILES string of the molecule is C=CCCC(=O)c1cc(OC)c(OC)cc1C(=O)Nc1cc2c(cc1[N+](=O)[O-])OCO2. The van der Waals surface area contributed by atoms with Gasteiger partial charge in [-0.15, -0.1) is 6.58 Å². The molecular formula is C21H20N2O8. The Morgan fingerprint density at radius 2 is 1.74 bits per heavy atom. The molecule has 2 aromatic carbocycles. The maximum absolute atomic E-state index is 13.1. The lowest BCUT2D eigenvalue weighted by molar-refractivity contribution is -0.384. The summed E-state index contributed by atoms with van der Waals surface area (Å²) in [7, 11) is 2.80. The Labute approximate surface area is 177 Å². The number of carbonyl (C=O) groups is 2. The van der Waals surface area contributed by atoms with Gasteiger partial charge in [0.2, 0.25) is 6.79 Å². The van der Waals surface area contributed by atoms with Crippen molar-refractivity contribution < 1.29 is 33.5 Å². The van der Waals surface area contributed by atoms with Crippen LogP contribution in [-0.2, 0) is 0 Å². The number of fused-ring (bicyclic) bond motifs is 1. The highest BCUT2D eigenvalue weighted by atomic mass is 16.7. The van der Waals surface area contributed by atoms with Crippen molar-refractivity contribution in [2.45, 2.75) is 12.8 Å². The van der Waals surface area contributed by atoms with Gasteiger partial charge in [-0.1, -0.05) is 6.08 Å². The van der Waals surface area contributed by atoms with Gasteiger partial charge in [-0.25, -0.2) is 0 Å².